The number of hydrogen-bond acceptors (Lipinski definition) is 4. The summed E-state index contributed by atoms with van der Waals surface area (Å²) in [4.78, 5) is 21.6. The van der Waals surface area contributed by atoms with Gasteiger partial charge in [-0.2, -0.15) is 4.39 Å². The van der Waals surface area contributed by atoms with Crippen LogP contribution in [0.5, 0.6) is 0 Å². The molecule has 2 rings (SSSR count). The van der Waals surface area contributed by atoms with Crippen molar-refractivity contribution in [2.24, 2.45) is 0 Å². The van der Waals surface area contributed by atoms with Crippen LogP contribution < -0.4 is 0 Å². The molecule has 5 nitrogen and oxygen atoms in total. The Bertz CT molecular complexity index is 614. The maximum absolute atomic E-state index is 13.4. The Morgan fingerprint density at radius 3 is 2.20 bits per heavy atom. The first-order valence-electron chi connectivity index (χ1n) is 5.58. The highest BCUT2D eigenvalue weighted by atomic mass is 19.1. The third-order valence-electron chi connectivity index (χ3n) is 2.44. The zero-order chi connectivity index (χ0) is 15.1. The number of aliphatic hydroxyl groups excluding tert-OH is 1. The molecule has 0 aliphatic carbocycles. The van der Waals surface area contributed by atoms with Gasteiger partial charge in [0, 0.05) is 24.3 Å². The Balaban J connectivity index is 0.000000956. The van der Waals surface area contributed by atoms with Crippen molar-refractivity contribution in [3.05, 3.63) is 75.6 Å². The molecule has 2 aromatic rings. The topological polar surface area (TPSA) is 80.4 Å². The van der Waals surface area contributed by atoms with Gasteiger partial charge in [-0.25, -0.2) is 0 Å². The lowest BCUT2D eigenvalue weighted by Crippen LogP contribution is -2.02. The second-order valence-corrected chi connectivity index (χ2v) is 3.62. The molecule has 0 aliphatic heterocycles. The van der Waals surface area contributed by atoms with Crippen LogP contribution in [0.4, 0.5) is 10.1 Å². The van der Waals surface area contributed by atoms with Gasteiger partial charge in [0.1, 0.15) is 0 Å². The van der Waals surface area contributed by atoms with Gasteiger partial charge in [-0.1, -0.05) is 30.3 Å². The predicted molar refractivity (Wildman–Crippen MR) is 71.1 cm³/mol. The molecular weight excluding hydrogens is 265 g/mol. The smallest absolute Gasteiger partial charge is 0.304 e. The van der Waals surface area contributed by atoms with Crippen LogP contribution in [-0.4, -0.2) is 22.9 Å². The number of nitrogens with zero attached hydrogens (tertiary/aromatic N) is 1. The van der Waals surface area contributed by atoms with Crippen LogP contribution in [-0.2, 0) is 0 Å². The number of benzene rings is 2. The molecule has 0 heterocycles. The van der Waals surface area contributed by atoms with Crippen LogP contribution in [0, 0.1) is 15.9 Å². The number of halogens is 1. The molecule has 104 valence electrons. The highest BCUT2D eigenvalue weighted by molar-refractivity contribution is 6.09. The quantitative estimate of drug-likeness (QED) is 0.531. The van der Waals surface area contributed by atoms with Crippen LogP contribution in [0.1, 0.15) is 15.9 Å². The average molecular weight is 277 g/mol. The van der Waals surface area contributed by atoms with Crippen molar-refractivity contribution in [1.29, 1.82) is 0 Å². The summed E-state index contributed by atoms with van der Waals surface area (Å²) in [6.07, 6.45) is 0. The molecule has 0 unspecified atom stereocenters. The third kappa shape index (κ3) is 3.46. The second kappa shape index (κ2) is 7.10. The van der Waals surface area contributed by atoms with Crippen molar-refractivity contribution >= 4 is 11.5 Å². The maximum atomic E-state index is 13.4. The highest BCUT2D eigenvalue weighted by Gasteiger charge is 2.17. The van der Waals surface area contributed by atoms with Gasteiger partial charge < -0.3 is 5.11 Å². The minimum absolute atomic E-state index is 0.0873. The van der Waals surface area contributed by atoms with E-state index in [4.69, 9.17) is 5.11 Å². The lowest BCUT2D eigenvalue weighted by molar-refractivity contribution is -0.387. The fraction of sp³-hybridized carbons (Fsp3) is 0.0714. The molecule has 0 aliphatic rings. The Morgan fingerprint density at radius 2 is 1.70 bits per heavy atom. The first kappa shape index (κ1) is 15.5. The van der Waals surface area contributed by atoms with E-state index in [0.717, 1.165) is 19.2 Å². The summed E-state index contributed by atoms with van der Waals surface area (Å²) < 4.78 is 13.4. The van der Waals surface area contributed by atoms with E-state index in [-0.39, 0.29) is 11.3 Å². The summed E-state index contributed by atoms with van der Waals surface area (Å²) in [7, 11) is 1.00. The standard InChI is InChI=1S/C13H8FNO3.CH4O/c14-11-8-10(6-7-12(11)15(17)18)13(16)9-4-2-1-3-5-9;1-2/h1-8H;2H,1H3. The van der Waals surface area contributed by atoms with Gasteiger partial charge in [0.2, 0.25) is 5.82 Å². The van der Waals surface area contributed by atoms with E-state index < -0.39 is 16.4 Å². The highest BCUT2D eigenvalue weighted by Crippen LogP contribution is 2.19. The monoisotopic (exact) mass is 277 g/mol. The van der Waals surface area contributed by atoms with Gasteiger partial charge in [-0.05, 0) is 12.1 Å². The maximum Gasteiger partial charge on any atom is 0.304 e. The molecule has 0 aromatic heterocycles. The predicted octanol–water partition coefficient (Wildman–Crippen LogP) is 2.57. The van der Waals surface area contributed by atoms with Gasteiger partial charge >= 0.3 is 5.69 Å². The number of nitro benzene ring substituents is 1. The van der Waals surface area contributed by atoms with Gasteiger partial charge in [0.05, 0.1) is 4.92 Å². The molecule has 0 fully saturated rings. The molecule has 0 bridgehead atoms. The van der Waals surface area contributed by atoms with E-state index in [1.807, 2.05) is 0 Å². The van der Waals surface area contributed by atoms with Crippen molar-refractivity contribution in [2.75, 3.05) is 7.11 Å². The van der Waals surface area contributed by atoms with E-state index in [9.17, 15) is 19.3 Å². The van der Waals surface area contributed by atoms with Crippen LogP contribution in [0.25, 0.3) is 0 Å². The molecule has 6 heteroatoms. The van der Waals surface area contributed by atoms with E-state index >= 15 is 0 Å². The molecule has 2 aromatic carbocycles. The Kier molecular flexibility index (Phi) is 5.49. The molecule has 0 saturated carbocycles. The molecule has 0 amide bonds. The fourth-order valence-corrected chi connectivity index (χ4v) is 1.55. The summed E-state index contributed by atoms with van der Waals surface area (Å²) in [5.41, 5.74) is -0.144. The number of carbonyl (C=O) groups excluding carboxylic acids is 1. The molecule has 0 spiro atoms. The van der Waals surface area contributed by atoms with E-state index in [2.05, 4.69) is 0 Å². The number of carbonyl (C=O) groups is 1. The minimum atomic E-state index is -1.01. The summed E-state index contributed by atoms with van der Waals surface area (Å²) in [5, 5.41) is 17.5. The number of ketones is 1. The van der Waals surface area contributed by atoms with Crippen LogP contribution >= 0.6 is 0 Å². The second-order valence-electron chi connectivity index (χ2n) is 3.62. The zero-order valence-electron chi connectivity index (χ0n) is 10.6. The molecular formula is C14H12FNO4. The van der Waals surface area contributed by atoms with Crippen molar-refractivity contribution in [2.45, 2.75) is 0 Å². The minimum Gasteiger partial charge on any atom is -0.400 e. The lowest BCUT2D eigenvalue weighted by Gasteiger charge is -2.01. The van der Waals surface area contributed by atoms with Crippen LogP contribution in [0.2, 0.25) is 0 Å². The zero-order valence-corrected chi connectivity index (χ0v) is 10.6. The van der Waals surface area contributed by atoms with E-state index in [1.54, 1.807) is 30.3 Å². The van der Waals surface area contributed by atoms with Gasteiger partial charge in [0.25, 0.3) is 0 Å². The first-order valence-corrected chi connectivity index (χ1v) is 5.58. The number of rotatable bonds is 3. The van der Waals surface area contributed by atoms with Crippen molar-refractivity contribution in [3.63, 3.8) is 0 Å². The molecule has 0 saturated heterocycles. The first-order chi connectivity index (χ1) is 9.59. The van der Waals surface area contributed by atoms with Gasteiger partial charge in [-0.15, -0.1) is 0 Å². The molecule has 0 atom stereocenters. The fourth-order valence-electron chi connectivity index (χ4n) is 1.55. The van der Waals surface area contributed by atoms with Gasteiger partial charge in [0.15, 0.2) is 5.78 Å². The van der Waals surface area contributed by atoms with Crippen LogP contribution in [0.15, 0.2) is 48.5 Å². The largest absolute Gasteiger partial charge is 0.400 e. The van der Waals surface area contributed by atoms with Crippen molar-refractivity contribution in [1.82, 2.24) is 0 Å². The Hall–Kier alpha value is -2.60. The summed E-state index contributed by atoms with van der Waals surface area (Å²) in [5.74, 6) is -1.38. The van der Waals surface area contributed by atoms with Crippen molar-refractivity contribution in [3.8, 4) is 0 Å². The van der Waals surface area contributed by atoms with Gasteiger partial charge in [-0.3, -0.25) is 14.9 Å². The number of aliphatic hydroxyl groups is 1. The SMILES string of the molecule is CO.O=C(c1ccccc1)c1ccc([N+](=O)[O-])c(F)c1. The average Bonchev–Trinajstić information content (AvgIpc) is 2.49. The lowest BCUT2D eigenvalue weighted by atomic mass is 10.0. The van der Waals surface area contributed by atoms with E-state index in [1.165, 1.54) is 6.07 Å². The summed E-state index contributed by atoms with van der Waals surface area (Å²) in [6, 6.07) is 11.5. The summed E-state index contributed by atoms with van der Waals surface area (Å²) >= 11 is 0. The van der Waals surface area contributed by atoms with Crippen LogP contribution in [0.3, 0.4) is 0 Å². The number of nitro groups is 1. The third-order valence-corrected chi connectivity index (χ3v) is 2.44. The molecule has 1 N–H and O–H groups in total. The van der Waals surface area contributed by atoms with E-state index in [0.29, 0.717) is 5.56 Å². The summed E-state index contributed by atoms with van der Waals surface area (Å²) in [6.45, 7) is 0. The number of hydrogen-bond donors (Lipinski definition) is 1. The molecule has 20 heavy (non-hydrogen) atoms. The Morgan fingerprint density at radius 1 is 1.10 bits per heavy atom. The molecule has 0 radical (unpaired) electrons. The normalized spacial score (nSPS) is 9.35. The van der Waals surface area contributed by atoms with Crippen molar-refractivity contribution < 1.29 is 19.2 Å². The Labute approximate surface area is 114 Å².